The van der Waals surface area contributed by atoms with Crippen LogP contribution in [0.4, 0.5) is 11.4 Å². The number of anilines is 2. The van der Waals surface area contributed by atoms with E-state index in [0.29, 0.717) is 18.0 Å². The van der Waals surface area contributed by atoms with E-state index in [2.05, 4.69) is 52.0 Å². The Bertz CT molecular complexity index is 866. The number of aliphatic hydroxyl groups is 1. The Morgan fingerprint density at radius 1 is 0.867 bits per heavy atom. The van der Waals surface area contributed by atoms with Crippen LogP contribution in [0.5, 0.6) is 0 Å². The third-order valence-corrected chi connectivity index (χ3v) is 7.01. The summed E-state index contributed by atoms with van der Waals surface area (Å²) in [6.07, 6.45) is 1.39. The van der Waals surface area contributed by atoms with Crippen molar-refractivity contribution in [2.24, 2.45) is 11.8 Å². The van der Waals surface area contributed by atoms with Gasteiger partial charge in [0.25, 0.3) is 0 Å². The van der Waals surface area contributed by atoms with E-state index in [0.717, 1.165) is 29.7 Å². The highest BCUT2D eigenvalue weighted by Crippen LogP contribution is 2.43. The molecule has 2 aromatic rings. The molecule has 1 aliphatic rings. The molecule has 4 heteroatoms. The van der Waals surface area contributed by atoms with Crippen LogP contribution in [0.25, 0.3) is 0 Å². The van der Waals surface area contributed by atoms with Crippen LogP contribution in [0, 0.1) is 11.8 Å². The molecule has 0 aliphatic carbocycles. The second kappa shape index (κ2) is 9.40. The minimum atomic E-state index is -0.781. The van der Waals surface area contributed by atoms with E-state index >= 15 is 0 Å². The molecule has 2 aromatic carbocycles. The zero-order valence-electron chi connectivity index (χ0n) is 19.1. The fourth-order valence-electron chi connectivity index (χ4n) is 4.67. The maximum atomic E-state index is 11.3. The van der Waals surface area contributed by atoms with E-state index in [-0.39, 0.29) is 24.0 Å². The van der Waals surface area contributed by atoms with Crippen molar-refractivity contribution in [3.05, 3.63) is 58.7 Å². The quantitative estimate of drug-likeness (QED) is 0.531. The molecular weight excluding hydrogens is 372 g/mol. The fourth-order valence-corrected chi connectivity index (χ4v) is 4.67. The van der Waals surface area contributed by atoms with Crippen molar-refractivity contribution >= 4 is 11.4 Å². The van der Waals surface area contributed by atoms with E-state index in [9.17, 15) is 5.11 Å². The molecule has 164 valence electrons. The van der Waals surface area contributed by atoms with E-state index in [1.807, 2.05) is 19.1 Å². The Labute approximate surface area is 181 Å². The molecule has 6 atom stereocenters. The van der Waals surface area contributed by atoms with Gasteiger partial charge >= 0.3 is 0 Å². The van der Waals surface area contributed by atoms with Crippen molar-refractivity contribution in [1.29, 1.82) is 0 Å². The molecule has 1 heterocycles. The molecule has 4 nitrogen and oxygen atoms in total. The molecule has 0 amide bonds. The van der Waals surface area contributed by atoms with Gasteiger partial charge in [-0.05, 0) is 41.5 Å². The number of nitrogen functional groups attached to an aromatic ring is 2. The molecule has 5 N–H and O–H groups in total. The molecule has 0 saturated heterocycles. The lowest BCUT2D eigenvalue weighted by atomic mass is 9.78. The summed E-state index contributed by atoms with van der Waals surface area (Å²) in [5.41, 5.74) is 18.4. The lowest BCUT2D eigenvalue weighted by molar-refractivity contribution is -0.0988. The topological polar surface area (TPSA) is 81.5 Å². The number of rotatable bonds is 5. The summed E-state index contributed by atoms with van der Waals surface area (Å²) in [6, 6.07) is 12.5. The number of nitrogens with two attached hydrogens (primary N) is 2. The number of aliphatic hydroxyl groups excluding tert-OH is 1. The predicted molar refractivity (Wildman–Crippen MR) is 125 cm³/mol. The Kier molecular flexibility index (Phi) is 7.10. The summed E-state index contributed by atoms with van der Waals surface area (Å²) >= 11 is 0. The zero-order valence-corrected chi connectivity index (χ0v) is 19.1. The van der Waals surface area contributed by atoms with Crippen LogP contribution >= 0.6 is 0 Å². The molecule has 4 bridgehead atoms. The van der Waals surface area contributed by atoms with E-state index < -0.39 is 6.10 Å². The first-order valence-corrected chi connectivity index (χ1v) is 11.4. The monoisotopic (exact) mass is 410 g/mol. The van der Waals surface area contributed by atoms with Gasteiger partial charge in [-0.1, -0.05) is 71.7 Å². The Morgan fingerprint density at radius 3 is 1.93 bits per heavy atom. The standard InChI is InChI=1S/C26H38N2O2/c1-6-15(4)24-17-9-11-21(27)19(13-17)25(29)23(8-3)30-26(16(5)7-2)20-14-18(24)10-12-22(20)28/h9-16,23-26,29H,6-8,27-28H2,1-5H3. The summed E-state index contributed by atoms with van der Waals surface area (Å²) < 4.78 is 6.61. The van der Waals surface area contributed by atoms with Gasteiger partial charge in [-0.25, -0.2) is 0 Å². The SMILES string of the molecule is CCC(C)C1OC(CC)C(O)c2cc(ccc2N)C(C(C)CC)c2ccc(N)c1c2. The third kappa shape index (κ3) is 4.21. The van der Waals surface area contributed by atoms with E-state index in [1.54, 1.807) is 0 Å². The van der Waals surface area contributed by atoms with Gasteiger partial charge in [0, 0.05) is 28.4 Å². The van der Waals surface area contributed by atoms with E-state index in [1.165, 1.54) is 11.1 Å². The van der Waals surface area contributed by atoms with Crippen LogP contribution in [0.15, 0.2) is 36.4 Å². The van der Waals surface area contributed by atoms with Gasteiger partial charge < -0.3 is 21.3 Å². The van der Waals surface area contributed by atoms with E-state index in [4.69, 9.17) is 16.2 Å². The van der Waals surface area contributed by atoms with Crippen molar-refractivity contribution in [2.75, 3.05) is 11.5 Å². The Hall–Kier alpha value is -2.04. The second-order valence-electron chi connectivity index (χ2n) is 8.97. The molecule has 0 radical (unpaired) electrons. The van der Waals surface area contributed by atoms with Crippen LogP contribution < -0.4 is 11.5 Å². The number of hydrogen-bond acceptors (Lipinski definition) is 4. The molecule has 0 saturated carbocycles. The second-order valence-corrected chi connectivity index (χ2v) is 8.97. The Balaban J connectivity index is 2.29. The number of ether oxygens (including phenoxy) is 1. The fraction of sp³-hybridized carbons (Fsp3) is 0.538. The van der Waals surface area contributed by atoms with Gasteiger partial charge in [-0.2, -0.15) is 0 Å². The van der Waals surface area contributed by atoms with Crippen LogP contribution in [0.2, 0.25) is 0 Å². The Morgan fingerprint density at radius 2 is 1.40 bits per heavy atom. The molecule has 0 spiro atoms. The highest BCUT2D eigenvalue weighted by atomic mass is 16.5. The molecule has 1 aliphatic heterocycles. The molecule has 0 fully saturated rings. The average molecular weight is 411 g/mol. The summed E-state index contributed by atoms with van der Waals surface area (Å²) in [4.78, 5) is 0. The van der Waals surface area contributed by atoms with Crippen LogP contribution in [0.1, 0.15) is 94.3 Å². The largest absolute Gasteiger partial charge is 0.398 e. The van der Waals surface area contributed by atoms with Crippen molar-refractivity contribution in [1.82, 2.24) is 0 Å². The molecule has 0 aromatic heterocycles. The highest BCUT2D eigenvalue weighted by Gasteiger charge is 2.32. The minimum absolute atomic E-state index is 0.176. The van der Waals surface area contributed by atoms with Crippen molar-refractivity contribution in [3.63, 3.8) is 0 Å². The zero-order chi connectivity index (χ0) is 22.0. The summed E-state index contributed by atoms with van der Waals surface area (Å²) in [6.45, 7) is 10.9. The van der Waals surface area contributed by atoms with Crippen molar-refractivity contribution in [3.8, 4) is 0 Å². The predicted octanol–water partition coefficient (Wildman–Crippen LogP) is 5.96. The molecule has 6 unspecified atom stereocenters. The van der Waals surface area contributed by atoms with Crippen molar-refractivity contribution in [2.45, 2.75) is 78.1 Å². The number of benzene rings is 2. The van der Waals surface area contributed by atoms with Crippen LogP contribution in [-0.4, -0.2) is 11.2 Å². The van der Waals surface area contributed by atoms with Gasteiger partial charge in [0.05, 0.1) is 12.2 Å². The number of hydrogen-bond donors (Lipinski definition) is 3. The van der Waals surface area contributed by atoms with Crippen molar-refractivity contribution < 1.29 is 9.84 Å². The smallest absolute Gasteiger partial charge is 0.107 e. The van der Waals surface area contributed by atoms with Gasteiger partial charge in [0.15, 0.2) is 0 Å². The van der Waals surface area contributed by atoms with Gasteiger partial charge in [0.2, 0.25) is 0 Å². The summed E-state index contributed by atoms with van der Waals surface area (Å²) in [5.74, 6) is 0.907. The average Bonchev–Trinajstić information content (AvgIpc) is 2.76. The lowest BCUT2D eigenvalue weighted by Gasteiger charge is -2.32. The van der Waals surface area contributed by atoms with Gasteiger partial charge in [0.1, 0.15) is 6.10 Å². The summed E-state index contributed by atoms with van der Waals surface area (Å²) in [5, 5.41) is 11.3. The highest BCUT2D eigenvalue weighted by molar-refractivity contribution is 5.55. The van der Waals surface area contributed by atoms with Gasteiger partial charge in [-0.15, -0.1) is 0 Å². The summed E-state index contributed by atoms with van der Waals surface area (Å²) in [7, 11) is 0. The third-order valence-electron chi connectivity index (χ3n) is 7.01. The van der Waals surface area contributed by atoms with Crippen LogP contribution in [-0.2, 0) is 4.74 Å². The maximum Gasteiger partial charge on any atom is 0.107 e. The first-order valence-electron chi connectivity index (χ1n) is 11.4. The maximum absolute atomic E-state index is 11.3. The normalized spacial score (nSPS) is 25.9. The molecule has 30 heavy (non-hydrogen) atoms. The number of fused-ring (bicyclic) bond motifs is 4. The van der Waals surface area contributed by atoms with Crippen LogP contribution in [0.3, 0.4) is 0 Å². The minimum Gasteiger partial charge on any atom is -0.398 e. The molecule has 3 rings (SSSR count). The lowest BCUT2D eigenvalue weighted by Crippen LogP contribution is -2.27. The van der Waals surface area contributed by atoms with Gasteiger partial charge in [-0.3, -0.25) is 0 Å². The first kappa shape index (κ1) is 22.6. The molecular formula is C26H38N2O2. The first-order chi connectivity index (χ1) is 14.3.